The lowest BCUT2D eigenvalue weighted by Crippen LogP contribution is -2.41. The van der Waals surface area contributed by atoms with Gasteiger partial charge in [-0.1, -0.05) is 31.4 Å². The van der Waals surface area contributed by atoms with Gasteiger partial charge in [-0.2, -0.15) is 0 Å². The predicted octanol–water partition coefficient (Wildman–Crippen LogP) is 4.86. The highest BCUT2D eigenvalue weighted by Crippen LogP contribution is 2.49. The van der Waals surface area contributed by atoms with Crippen LogP contribution in [0.1, 0.15) is 64.2 Å². The quantitative estimate of drug-likeness (QED) is 0.528. The van der Waals surface area contributed by atoms with Crippen LogP contribution in [0.3, 0.4) is 0 Å². The summed E-state index contributed by atoms with van der Waals surface area (Å²) in [5.74, 6) is 0. The Kier molecular flexibility index (Phi) is 7.83. The van der Waals surface area contributed by atoms with Crippen LogP contribution in [0.2, 0.25) is 0 Å². The van der Waals surface area contributed by atoms with Crippen LogP contribution in [0.5, 0.6) is 0 Å². The van der Waals surface area contributed by atoms with Crippen molar-refractivity contribution in [3.05, 3.63) is 12.2 Å². The summed E-state index contributed by atoms with van der Waals surface area (Å²) in [4.78, 5) is 0. The first-order chi connectivity index (χ1) is 10.6. The molecule has 2 aliphatic carbocycles. The second-order valence-electron chi connectivity index (χ2n) is 7.19. The zero-order chi connectivity index (χ0) is 15.9. The smallest absolute Gasteiger partial charge is 0.119 e. The second-order valence-corrected chi connectivity index (χ2v) is 9.79. The number of nitrogens with zero attached hydrogens (tertiary/aromatic N) is 3. The van der Waals surface area contributed by atoms with E-state index in [1.54, 1.807) is 0 Å². The molecule has 0 aromatic heterocycles. The largest absolute Gasteiger partial charge is 0.263 e. The van der Waals surface area contributed by atoms with Gasteiger partial charge in [0.25, 0.3) is 0 Å². The molecule has 0 aromatic rings. The summed E-state index contributed by atoms with van der Waals surface area (Å²) in [6.45, 7) is 0. The Bertz CT molecular complexity index is 339. The molecule has 0 amide bonds. The summed E-state index contributed by atoms with van der Waals surface area (Å²) in [6.07, 6.45) is 18.4. The number of allylic oxidation sites excluding steroid dienone is 2. The SMILES string of the molecule is CN(C)P(N(C)C1CC/C=C\CCC1)N(C)C1CCCCC1. The maximum Gasteiger partial charge on any atom is 0.119 e. The van der Waals surface area contributed by atoms with Gasteiger partial charge in [0.2, 0.25) is 0 Å². The topological polar surface area (TPSA) is 9.72 Å². The van der Waals surface area contributed by atoms with Crippen molar-refractivity contribution >= 4 is 8.37 Å². The molecule has 0 spiro atoms. The Morgan fingerprint density at radius 2 is 1.23 bits per heavy atom. The molecule has 1 saturated carbocycles. The molecule has 0 saturated heterocycles. The van der Waals surface area contributed by atoms with Crippen LogP contribution in [0.15, 0.2) is 12.2 Å². The summed E-state index contributed by atoms with van der Waals surface area (Å²) in [5, 5.41) is 0. The minimum absolute atomic E-state index is 0.332. The molecule has 0 N–H and O–H groups in total. The van der Waals surface area contributed by atoms with E-state index in [4.69, 9.17) is 0 Å². The minimum atomic E-state index is -0.332. The molecule has 2 atom stereocenters. The molecule has 0 aromatic carbocycles. The molecular weight excluding hydrogens is 289 g/mol. The lowest BCUT2D eigenvalue weighted by molar-refractivity contribution is 0.251. The highest BCUT2D eigenvalue weighted by molar-refractivity contribution is 7.50. The molecule has 4 heteroatoms. The van der Waals surface area contributed by atoms with Gasteiger partial charge in [-0.3, -0.25) is 14.0 Å². The van der Waals surface area contributed by atoms with Crippen molar-refractivity contribution in [2.45, 2.75) is 76.3 Å². The first-order valence-electron chi connectivity index (χ1n) is 9.19. The van der Waals surface area contributed by atoms with Crippen LogP contribution in [-0.2, 0) is 0 Å². The van der Waals surface area contributed by atoms with Crippen LogP contribution >= 0.6 is 8.37 Å². The summed E-state index contributed by atoms with van der Waals surface area (Å²) in [5.41, 5.74) is 0. The highest BCUT2D eigenvalue weighted by Gasteiger charge is 2.32. The van der Waals surface area contributed by atoms with Gasteiger partial charge in [0, 0.05) is 12.1 Å². The lowest BCUT2D eigenvalue weighted by Gasteiger charge is -2.46. The van der Waals surface area contributed by atoms with E-state index in [1.807, 2.05) is 0 Å². The van der Waals surface area contributed by atoms with Gasteiger partial charge in [-0.15, -0.1) is 0 Å². The number of hydrogen-bond acceptors (Lipinski definition) is 3. The molecule has 0 heterocycles. The van der Waals surface area contributed by atoms with Crippen molar-refractivity contribution in [3.63, 3.8) is 0 Å². The Morgan fingerprint density at radius 3 is 1.86 bits per heavy atom. The van der Waals surface area contributed by atoms with Gasteiger partial charge >= 0.3 is 0 Å². The monoisotopic (exact) mass is 325 g/mol. The van der Waals surface area contributed by atoms with E-state index in [0.717, 1.165) is 12.1 Å². The van der Waals surface area contributed by atoms with Gasteiger partial charge in [-0.25, -0.2) is 0 Å². The van der Waals surface area contributed by atoms with Crippen LogP contribution in [0.25, 0.3) is 0 Å². The summed E-state index contributed by atoms with van der Waals surface area (Å²) in [7, 11) is 8.96. The standard InChI is InChI=1S/C18H36N3P/c1-19(2)22(21(4)18-15-11-8-12-16-18)20(3)17-13-9-6-5-7-10-14-17/h5-6,17-18H,7-16H2,1-4H3/b6-5-. The first kappa shape index (κ1) is 18.4. The summed E-state index contributed by atoms with van der Waals surface area (Å²) in [6, 6.07) is 1.53. The third-order valence-corrected chi connectivity index (χ3v) is 7.79. The molecule has 1 fully saturated rings. The fourth-order valence-electron chi connectivity index (χ4n) is 4.05. The van der Waals surface area contributed by atoms with Crippen molar-refractivity contribution in [1.82, 2.24) is 14.0 Å². The van der Waals surface area contributed by atoms with Crippen LogP contribution in [0.4, 0.5) is 0 Å². The average molecular weight is 325 g/mol. The van der Waals surface area contributed by atoms with Crippen molar-refractivity contribution in [3.8, 4) is 0 Å². The maximum atomic E-state index is 2.71. The van der Waals surface area contributed by atoms with E-state index in [9.17, 15) is 0 Å². The van der Waals surface area contributed by atoms with Crippen LogP contribution in [0, 0.1) is 0 Å². The molecular formula is C18H36N3P. The summed E-state index contributed by atoms with van der Waals surface area (Å²) < 4.78 is 7.89. The van der Waals surface area contributed by atoms with Crippen molar-refractivity contribution in [2.75, 3.05) is 28.2 Å². The van der Waals surface area contributed by atoms with E-state index >= 15 is 0 Å². The van der Waals surface area contributed by atoms with Gasteiger partial charge in [0.1, 0.15) is 8.37 Å². The Hall–Kier alpha value is 0.0500. The van der Waals surface area contributed by atoms with E-state index < -0.39 is 0 Å². The van der Waals surface area contributed by atoms with Crippen LogP contribution in [-0.4, -0.2) is 54.3 Å². The summed E-state index contributed by atoms with van der Waals surface area (Å²) >= 11 is 0. The molecule has 3 nitrogen and oxygen atoms in total. The second kappa shape index (κ2) is 9.37. The average Bonchev–Trinajstić information content (AvgIpc) is 2.47. The normalized spacial score (nSPS) is 27.9. The molecule has 2 rings (SSSR count). The molecule has 0 aliphatic heterocycles. The van der Waals surface area contributed by atoms with E-state index in [-0.39, 0.29) is 8.37 Å². The number of hydrogen-bond donors (Lipinski definition) is 0. The zero-order valence-electron chi connectivity index (χ0n) is 15.2. The van der Waals surface area contributed by atoms with Gasteiger partial charge in [0.05, 0.1) is 0 Å². The van der Waals surface area contributed by atoms with Gasteiger partial charge in [-0.05, 0) is 73.1 Å². The fourth-order valence-corrected chi connectivity index (χ4v) is 6.67. The van der Waals surface area contributed by atoms with Crippen molar-refractivity contribution < 1.29 is 0 Å². The lowest BCUT2D eigenvalue weighted by atomic mass is 9.96. The molecule has 0 radical (unpaired) electrons. The third kappa shape index (κ3) is 5.03. The fraction of sp³-hybridized carbons (Fsp3) is 0.889. The molecule has 2 aliphatic rings. The van der Waals surface area contributed by atoms with Crippen LogP contribution < -0.4 is 0 Å². The van der Waals surface area contributed by atoms with Gasteiger partial charge < -0.3 is 0 Å². The van der Waals surface area contributed by atoms with Crippen molar-refractivity contribution in [1.29, 1.82) is 0 Å². The van der Waals surface area contributed by atoms with Crippen molar-refractivity contribution in [2.24, 2.45) is 0 Å². The Labute approximate surface area is 139 Å². The predicted molar refractivity (Wildman–Crippen MR) is 99.0 cm³/mol. The van der Waals surface area contributed by atoms with E-state index in [1.165, 1.54) is 64.2 Å². The minimum Gasteiger partial charge on any atom is -0.263 e. The zero-order valence-corrected chi connectivity index (χ0v) is 16.1. The Morgan fingerprint density at radius 1 is 0.682 bits per heavy atom. The van der Waals surface area contributed by atoms with E-state index in [0.29, 0.717) is 0 Å². The molecule has 2 unspecified atom stereocenters. The molecule has 0 bridgehead atoms. The first-order valence-corrected chi connectivity index (χ1v) is 10.4. The Balaban J connectivity index is 2.02. The maximum absolute atomic E-state index is 2.71. The molecule has 22 heavy (non-hydrogen) atoms. The number of rotatable bonds is 5. The third-order valence-electron chi connectivity index (χ3n) is 5.30. The highest BCUT2D eigenvalue weighted by atomic mass is 31.2. The molecule has 128 valence electrons. The van der Waals surface area contributed by atoms with E-state index in [2.05, 4.69) is 54.4 Å². The van der Waals surface area contributed by atoms with Gasteiger partial charge in [0.15, 0.2) is 0 Å².